The Kier molecular flexibility index (Phi) is 4.69. The van der Waals surface area contributed by atoms with Gasteiger partial charge >= 0.3 is 0 Å². The van der Waals surface area contributed by atoms with Crippen molar-refractivity contribution in [2.75, 3.05) is 0 Å². The van der Waals surface area contributed by atoms with Gasteiger partial charge in [0, 0.05) is 5.92 Å². The van der Waals surface area contributed by atoms with Crippen molar-refractivity contribution in [1.29, 1.82) is 0 Å². The predicted molar refractivity (Wildman–Crippen MR) is 111 cm³/mol. The van der Waals surface area contributed by atoms with Crippen LogP contribution in [0.15, 0.2) is 12.4 Å². The van der Waals surface area contributed by atoms with Crippen LogP contribution < -0.4 is 0 Å². The summed E-state index contributed by atoms with van der Waals surface area (Å²) in [7, 11) is 0. The number of aliphatic hydroxyl groups is 1. The summed E-state index contributed by atoms with van der Waals surface area (Å²) in [5, 5.41) is 19.0. The maximum absolute atomic E-state index is 13.4. The Labute approximate surface area is 174 Å². The summed E-state index contributed by atoms with van der Waals surface area (Å²) < 4.78 is 0. The predicted octanol–water partition coefficient (Wildman–Crippen LogP) is 4.43. The second-order valence-electron chi connectivity index (χ2n) is 11.3. The topological polar surface area (TPSA) is 68.0 Å². The van der Waals surface area contributed by atoms with Crippen molar-refractivity contribution in [3.8, 4) is 0 Å². The summed E-state index contributed by atoms with van der Waals surface area (Å²) in [6, 6.07) is -0.264. The second-order valence-corrected chi connectivity index (χ2v) is 11.3. The molecule has 1 heterocycles. The Bertz CT molecular complexity index is 760. The highest BCUT2D eigenvalue weighted by molar-refractivity contribution is 5.85. The first-order chi connectivity index (χ1) is 13.8. The molecule has 0 aliphatic heterocycles. The number of hydrogen-bond donors (Lipinski definition) is 1. The standard InChI is InChI=1S/C24H37N3O2/c1-15(27-25-12-13-26-27)22(28)21-7-6-20-19-5-4-16-14-23(2,29)10-8-17(16)18(19)9-11-24(20,21)3/h12-13,15-21,29H,4-11,14H2,1-3H3/t15-,16-,17+,18-,19-,20+,21-,23-,24+/m1/s1. The van der Waals surface area contributed by atoms with Gasteiger partial charge in [0.1, 0.15) is 6.04 Å². The molecule has 5 nitrogen and oxygen atoms in total. The molecule has 4 saturated carbocycles. The minimum absolute atomic E-state index is 0.145. The molecule has 160 valence electrons. The summed E-state index contributed by atoms with van der Waals surface area (Å²) in [6.07, 6.45) is 13.8. The molecule has 4 fully saturated rings. The summed E-state index contributed by atoms with van der Waals surface area (Å²) in [5.41, 5.74) is -0.300. The third kappa shape index (κ3) is 3.10. The van der Waals surface area contributed by atoms with Crippen LogP contribution in [-0.2, 0) is 4.79 Å². The largest absolute Gasteiger partial charge is 0.390 e. The van der Waals surface area contributed by atoms with Crippen molar-refractivity contribution >= 4 is 5.78 Å². The van der Waals surface area contributed by atoms with Gasteiger partial charge in [0.15, 0.2) is 5.78 Å². The van der Waals surface area contributed by atoms with Gasteiger partial charge < -0.3 is 5.11 Å². The summed E-state index contributed by atoms with van der Waals surface area (Å²) >= 11 is 0. The molecule has 0 saturated heterocycles. The quantitative estimate of drug-likeness (QED) is 0.816. The summed E-state index contributed by atoms with van der Waals surface area (Å²) in [4.78, 5) is 15.0. The first kappa shape index (κ1) is 19.7. The van der Waals surface area contributed by atoms with E-state index in [0.717, 1.165) is 37.0 Å². The molecular formula is C24H37N3O2. The first-order valence-electron chi connectivity index (χ1n) is 11.9. The zero-order chi connectivity index (χ0) is 20.4. The van der Waals surface area contributed by atoms with E-state index < -0.39 is 5.60 Å². The van der Waals surface area contributed by atoms with E-state index in [9.17, 15) is 9.90 Å². The lowest BCUT2D eigenvalue weighted by Gasteiger charge is -2.57. The molecule has 29 heavy (non-hydrogen) atoms. The number of hydrogen-bond acceptors (Lipinski definition) is 4. The van der Waals surface area contributed by atoms with Gasteiger partial charge in [0.2, 0.25) is 0 Å². The molecule has 0 bridgehead atoms. The molecule has 0 unspecified atom stereocenters. The monoisotopic (exact) mass is 399 g/mol. The van der Waals surface area contributed by atoms with E-state index in [4.69, 9.17) is 0 Å². The molecule has 0 amide bonds. The van der Waals surface area contributed by atoms with Gasteiger partial charge in [-0.15, -0.1) is 0 Å². The number of ketones is 1. The third-order valence-corrected chi connectivity index (χ3v) is 9.78. The van der Waals surface area contributed by atoms with E-state index in [1.165, 1.54) is 38.5 Å². The van der Waals surface area contributed by atoms with Gasteiger partial charge in [-0.2, -0.15) is 15.0 Å². The van der Waals surface area contributed by atoms with Crippen LogP contribution >= 0.6 is 0 Å². The molecule has 1 aromatic heterocycles. The highest BCUT2D eigenvalue weighted by Crippen LogP contribution is 2.65. The average molecular weight is 400 g/mol. The third-order valence-electron chi connectivity index (χ3n) is 9.78. The fraction of sp³-hybridized carbons (Fsp3) is 0.875. The van der Waals surface area contributed by atoms with E-state index >= 15 is 0 Å². The number of Topliss-reactive ketones (excluding diaryl/α,β-unsaturated/α-hetero) is 1. The van der Waals surface area contributed by atoms with Crippen LogP contribution in [0.2, 0.25) is 0 Å². The van der Waals surface area contributed by atoms with Crippen molar-refractivity contribution < 1.29 is 9.90 Å². The second kappa shape index (κ2) is 6.90. The Morgan fingerprint density at radius 2 is 1.72 bits per heavy atom. The molecule has 9 atom stereocenters. The zero-order valence-electron chi connectivity index (χ0n) is 18.3. The van der Waals surface area contributed by atoms with Crippen LogP contribution in [0.25, 0.3) is 0 Å². The molecular weight excluding hydrogens is 362 g/mol. The normalized spacial score (nSPS) is 47.7. The lowest BCUT2D eigenvalue weighted by atomic mass is 9.49. The van der Waals surface area contributed by atoms with E-state index in [1.54, 1.807) is 17.2 Å². The van der Waals surface area contributed by atoms with Crippen LogP contribution in [-0.4, -0.2) is 31.5 Å². The Balaban J connectivity index is 1.34. The fourth-order valence-electron chi connectivity index (χ4n) is 8.38. The van der Waals surface area contributed by atoms with E-state index in [2.05, 4.69) is 17.1 Å². The number of rotatable bonds is 3. The lowest BCUT2D eigenvalue weighted by Crippen LogP contribution is -2.51. The Hall–Kier alpha value is -1.23. The van der Waals surface area contributed by atoms with Gasteiger partial charge in [-0.05, 0) is 107 Å². The Morgan fingerprint density at radius 1 is 1.00 bits per heavy atom. The highest BCUT2D eigenvalue weighted by Gasteiger charge is 2.59. The average Bonchev–Trinajstić information content (AvgIpc) is 3.33. The molecule has 4 aliphatic carbocycles. The number of fused-ring (bicyclic) bond motifs is 5. The van der Waals surface area contributed by atoms with Crippen LogP contribution in [0.5, 0.6) is 0 Å². The zero-order valence-corrected chi connectivity index (χ0v) is 18.3. The fourth-order valence-corrected chi connectivity index (χ4v) is 8.38. The minimum Gasteiger partial charge on any atom is -0.390 e. The summed E-state index contributed by atoms with van der Waals surface area (Å²) in [6.45, 7) is 6.42. The maximum Gasteiger partial charge on any atom is 0.162 e. The van der Waals surface area contributed by atoms with Crippen molar-refractivity contribution in [3.05, 3.63) is 12.4 Å². The van der Waals surface area contributed by atoms with Crippen molar-refractivity contribution in [1.82, 2.24) is 15.0 Å². The van der Waals surface area contributed by atoms with Crippen LogP contribution in [0.1, 0.15) is 84.6 Å². The number of carbonyl (C=O) groups is 1. The van der Waals surface area contributed by atoms with Crippen LogP contribution in [0, 0.1) is 40.9 Å². The smallest absolute Gasteiger partial charge is 0.162 e. The summed E-state index contributed by atoms with van der Waals surface area (Å²) in [5.74, 6) is 4.31. The van der Waals surface area contributed by atoms with Crippen LogP contribution in [0.4, 0.5) is 0 Å². The van der Waals surface area contributed by atoms with Gasteiger partial charge in [0.05, 0.1) is 18.0 Å². The Morgan fingerprint density at radius 3 is 2.48 bits per heavy atom. The van der Waals surface area contributed by atoms with Gasteiger partial charge in [-0.3, -0.25) is 4.79 Å². The molecule has 0 aromatic carbocycles. The van der Waals surface area contributed by atoms with E-state index in [0.29, 0.717) is 17.6 Å². The molecule has 1 aromatic rings. The number of carbonyl (C=O) groups excluding carboxylic acids is 1. The van der Waals surface area contributed by atoms with Crippen LogP contribution in [0.3, 0.4) is 0 Å². The first-order valence-corrected chi connectivity index (χ1v) is 11.9. The SMILES string of the molecule is C[C@H](C(=O)[C@H]1CC[C@H]2[C@@H]3CC[C@@H]4C[C@](C)(O)CC[C@@H]4[C@H]3CC[C@]12C)n1nccn1. The number of nitrogens with zero attached hydrogens (tertiary/aromatic N) is 3. The lowest BCUT2D eigenvalue weighted by molar-refractivity contribution is -0.135. The van der Waals surface area contributed by atoms with E-state index in [-0.39, 0.29) is 17.4 Å². The minimum atomic E-state index is -0.446. The molecule has 0 spiro atoms. The highest BCUT2D eigenvalue weighted by atomic mass is 16.3. The van der Waals surface area contributed by atoms with Gasteiger partial charge in [-0.25, -0.2) is 0 Å². The van der Waals surface area contributed by atoms with Crippen molar-refractivity contribution in [2.45, 2.75) is 90.2 Å². The molecule has 1 N–H and O–H groups in total. The van der Waals surface area contributed by atoms with Gasteiger partial charge in [-0.1, -0.05) is 6.92 Å². The van der Waals surface area contributed by atoms with E-state index in [1.807, 2.05) is 13.8 Å². The van der Waals surface area contributed by atoms with Crippen molar-refractivity contribution in [3.63, 3.8) is 0 Å². The van der Waals surface area contributed by atoms with Crippen molar-refractivity contribution in [2.24, 2.45) is 40.9 Å². The molecule has 5 heteroatoms. The molecule has 4 aliphatic rings. The molecule has 5 rings (SSSR count). The number of aromatic nitrogens is 3. The van der Waals surface area contributed by atoms with Gasteiger partial charge in [0.25, 0.3) is 0 Å². The molecule has 0 radical (unpaired) electrons. The maximum atomic E-state index is 13.4.